The molecule has 5 heterocycles. The summed E-state index contributed by atoms with van der Waals surface area (Å²) in [6.07, 6.45) is 11.8. The Morgan fingerprint density at radius 2 is 1.72 bits per heavy atom. The molecule has 2 bridgehead atoms. The number of benzene rings is 2. The molecule has 2 aromatic carbocycles. The lowest BCUT2D eigenvalue weighted by atomic mass is 9.81. The maximum absolute atomic E-state index is 15.1. The van der Waals surface area contributed by atoms with Crippen LogP contribution in [0.15, 0.2) is 42.5 Å². The van der Waals surface area contributed by atoms with Gasteiger partial charge in [-0.3, -0.25) is 9.59 Å². The molecule has 0 N–H and O–H groups in total. The molecule has 1 aliphatic carbocycles. The molecule has 2 unspecified atom stereocenters. The highest BCUT2D eigenvalue weighted by Gasteiger charge is 2.46. The molecule has 54 heavy (non-hydrogen) atoms. The van der Waals surface area contributed by atoms with Crippen LogP contribution in [-0.4, -0.2) is 89.0 Å². The largest absolute Gasteiger partial charge is 0.497 e. The van der Waals surface area contributed by atoms with E-state index in [0.29, 0.717) is 18.2 Å². The van der Waals surface area contributed by atoms with E-state index in [9.17, 15) is 13.2 Å². The Hall–Kier alpha value is -4.42. The fraction of sp³-hybridized carbons (Fsp3) is 0.500. The highest BCUT2D eigenvalue weighted by atomic mass is 32.2. The van der Waals surface area contributed by atoms with Crippen LogP contribution in [-0.2, 0) is 23.1 Å². The maximum atomic E-state index is 15.1. The van der Waals surface area contributed by atoms with Crippen molar-refractivity contribution in [3.05, 3.63) is 70.4 Å². The van der Waals surface area contributed by atoms with Crippen molar-refractivity contribution >= 4 is 44.6 Å². The lowest BCUT2D eigenvalue weighted by molar-refractivity contribution is 0.0473. The van der Waals surface area contributed by atoms with Gasteiger partial charge in [-0.1, -0.05) is 37.5 Å². The summed E-state index contributed by atoms with van der Waals surface area (Å²) in [5.74, 6) is 0.233. The van der Waals surface area contributed by atoms with Gasteiger partial charge in [0.25, 0.3) is 11.8 Å². The normalized spacial score (nSPS) is 20.3. The first-order valence-electron chi connectivity index (χ1n) is 19.6. The van der Waals surface area contributed by atoms with Gasteiger partial charge in [-0.2, -0.15) is 9.40 Å². The predicted molar refractivity (Wildman–Crippen MR) is 213 cm³/mol. The summed E-state index contributed by atoms with van der Waals surface area (Å²) in [5, 5.41) is 4.83. The molecule has 3 aliphatic heterocycles. The number of aryl methyl sites for hydroxylation is 2. The van der Waals surface area contributed by atoms with Crippen LogP contribution in [0.4, 0.5) is 5.82 Å². The van der Waals surface area contributed by atoms with E-state index in [4.69, 9.17) is 4.74 Å². The van der Waals surface area contributed by atoms with Crippen molar-refractivity contribution in [2.75, 3.05) is 31.6 Å². The van der Waals surface area contributed by atoms with E-state index >= 15 is 4.79 Å². The molecule has 2 amide bonds. The van der Waals surface area contributed by atoms with Crippen molar-refractivity contribution in [2.45, 2.75) is 109 Å². The van der Waals surface area contributed by atoms with Crippen LogP contribution < -0.4 is 9.04 Å². The minimum atomic E-state index is -4.29. The number of nitrogens with zero attached hydrogens (tertiary/aromatic N) is 6. The number of carbonyl (C=O) groups is 2. The van der Waals surface area contributed by atoms with Gasteiger partial charge in [-0.05, 0) is 108 Å². The first kappa shape index (κ1) is 36.6. The quantitative estimate of drug-likeness (QED) is 0.187. The van der Waals surface area contributed by atoms with Gasteiger partial charge < -0.3 is 19.1 Å². The van der Waals surface area contributed by atoms with Gasteiger partial charge in [0.2, 0.25) is 10.0 Å². The lowest BCUT2D eigenvalue weighted by Gasteiger charge is -2.39. The zero-order chi connectivity index (χ0) is 38.1. The molecule has 286 valence electrons. The Bertz CT molecular complexity index is 2270. The zero-order valence-electron chi connectivity index (χ0n) is 32.3. The molecule has 2 aromatic heterocycles. The molecule has 4 aliphatic rings. The minimum Gasteiger partial charge on any atom is -0.497 e. The van der Waals surface area contributed by atoms with E-state index < -0.39 is 21.2 Å². The van der Waals surface area contributed by atoms with Gasteiger partial charge in [-0.15, -0.1) is 0 Å². The molecule has 2 atom stereocenters. The molecule has 11 nitrogen and oxygen atoms in total. The number of rotatable bonds is 8. The summed E-state index contributed by atoms with van der Waals surface area (Å²) >= 11 is 0. The summed E-state index contributed by atoms with van der Waals surface area (Å²) in [4.78, 5) is 33.9. The van der Waals surface area contributed by atoms with Crippen molar-refractivity contribution < 1.29 is 22.7 Å². The van der Waals surface area contributed by atoms with E-state index in [1.54, 1.807) is 33.9 Å². The molecular weight excluding hydrogens is 701 g/mol. The summed E-state index contributed by atoms with van der Waals surface area (Å²) in [6.45, 7) is 9.11. The number of ether oxygens (including phenoxy) is 1. The first-order chi connectivity index (χ1) is 25.9. The molecule has 0 radical (unpaired) electrons. The van der Waals surface area contributed by atoms with Crippen LogP contribution in [0.1, 0.15) is 109 Å². The third-order valence-electron chi connectivity index (χ3n) is 12.2. The van der Waals surface area contributed by atoms with E-state index in [-0.39, 0.29) is 41.5 Å². The van der Waals surface area contributed by atoms with Crippen molar-refractivity contribution in [3.8, 4) is 17.0 Å². The second-order valence-electron chi connectivity index (χ2n) is 15.9. The SMILES string of the molecule is CCn1nc(C)c(C(=O)N2C3CCC2CN(C)C3)c1N(C(=O)c1ccc2c(C3CCCCC3)c3n(c2c1)CC=Cc1cc(OC)ccc1-3)S(=O)(=O)C(C)C. The maximum Gasteiger partial charge on any atom is 0.273 e. The number of likely N-dealkylation sites (N-methyl/N-ethyl adjacent to an activating group) is 1. The fourth-order valence-electron chi connectivity index (χ4n) is 9.58. The molecular formula is C42H52N6O5S. The Balaban J connectivity index is 1.30. The standard InChI is InChI=1S/C42H52N6O5S/c1-7-46-40(37(27(4)43-46)42(50)47-31-16-17-32(47)25-44(5)24-31)48(54(51,52)26(2)3)41(49)30-15-19-35-36(23-30)45-21-11-14-29-22-33(53-6)18-20-34(29)39(45)38(35)28-12-9-8-10-13-28/h11,14-15,18-20,22-23,26,28,31-32H,7-10,12-13,16-17,21,24-25H2,1-6H3. The van der Waals surface area contributed by atoms with Crippen molar-refractivity contribution in [1.82, 2.24) is 24.1 Å². The van der Waals surface area contributed by atoms with Gasteiger partial charge in [0.05, 0.1) is 23.7 Å². The van der Waals surface area contributed by atoms with E-state index in [2.05, 4.69) is 45.9 Å². The smallest absolute Gasteiger partial charge is 0.273 e. The number of likely N-dealkylation sites (tertiary alicyclic amines) is 1. The van der Waals surface area contributed by atoms with Crippen LogP contribution in [0.2, 0.25) is 0 Å². The van der Waals surface area contributed by atoms with Gasteiger partial charge >= 0.3 is 0 Å². The summed E-state index contributed by atoms with van der Waals surface area (Å²) < 4.78 is 39.3. The van der Waals surface area contributed by atoms with Crippen molar-refractivity contribution in [2.24, 2.45) is 0 Å². The van der Waals surface area contributed by atoms with Gasteiger partial charge in [-0.25, -0.2) is 13.1 Å². The second-order valence-corrected chi connectivity index (χ2v) is 18.2. The molecule has 8 rings (SSSR count). The number of amides is 2. The highest BCUT2D eigenvalue weighted by Crippen LogP contribution is 2.47. The van der Waals surface area contributed by atoms with Crippen LogP contribution in [0.25, 0.3) is 28.2 Å². The first-order valence-corrected chi connectivity index (χ1v) is 21.1. The third-order valence-corrected chi connectivity index (χ3v) is 14.2. The van der Waals surface area contributed by atoms with E-state index in [0.717, 1.165) is 76.6 Å². The molecule has 1 saturated carbocycles. The molecule has 3 fully saturated rings. The number of piperazine rings is 1. The third kappa shape index (κ3) is 5.87. The lowest BCUT2D eigenvalue weighted by Crippen LogP contribution is -2.55. The summed E-state index contributed by atoms with van der Waals surface area (Å²) in [5.41, 5.74) is 6.35. The summed E-state index contributed by atoms with van der Waals surface area (Å²) in [7, 11) is -0.539. The molecule has 2 saturated heterocycles. The predicted octanol–water partition coefficient (Wildman–Crippen LogP) is 7.22. The Morgan fingerprint density at radius 1 is 1.00 bits per heavy atom. The Morgan fingerprint density at radius 3 is 2.39 bits per heavy atom. The van der Waals surface area contributed by atoms with Crippen LogP contribution in [0, 0.1) is 6.92 Å². The number of sulfonamides is 1. The molecule has 0 spiro atoms. The number of anilines is 1. The number of carbonyl (C=O) groups excluding carboxylic acids is 2. The van der Waals surface area contributed by atoms with Crippen LogP contribution in [0.3, 0.4) is 0 Å². The minimum absolute atomic E-state index is 0.0231. The number of hydrogen-bond donors (Lipinski definition) is 0. The Kier molecular flexibility index (Phi) is 9.49. The number of fused-ring (bicyclic) bond motifs is 7. The van der Waals surface area contributed by atoms with E-state index in [1.165, 1.54) is 29.5 Å². The molecule has 4 aromatic rings. The number of hydrogen-bond acceptors (Lipinski definition) is 7. The van der Waals surface area contributed by atoms with Gasteiger partial charge in [0.15, 0.2) is 5.82 Å². The highest BCUT2D eigenvalue weighted by molar-refractivity contribution is 7.94. The van der Waals surface area contributed by atoms with Crippen LogP contribution >= 0.6 is 0 Å². The molecule has 12 heteroatoms. The number of aromatic nitrogens is 3. The van der Waals surface area contributed by atoms with Crippen LogP contribution in [0.5, 0.6) is 5.75 Å². The summed E-state index contributed by atoms with van der Waals surface area (Å²) in [6, 6.07) is 11.9. The number of allylic oxidation sites excluding steroid dienone is 1. The van der Waals surface area contributed by atoms with Crippen molar-refractivity contribution in [1.29, 1.82) is 0 Å². The Labute approximate surface area is 318 Å². The monoisotopic (exact) mass is 752 g/mol. The average Bonchev–Trinajstić information content (AvgIpc) is 3.71. The topological polar surface area (TPSA) is 110 Å². The van der Waals surface area contributed by atoms with Gasteiger partial charge in [0.1, 0.15) is 11.3 Å². The fourth-order valence-corrected chi connectivity index (χ4v) is 10.8. The zero-order valence-corrected chi connectivity index (χ0v) is 33.2. The average molecular weight is 753 g/mol. The number of methoxy groups -OCH3 is 1. The van der Waals surface area contributed by atoms with Crippen molar-refractivity contribution in [3.63, 3.8) is 0 Å². The second kappa shape index (κ2) is 14.0. The van der Waals surface area contributed by atoms with E-state index in [1.807, 2.05) is 30.0 Å². The van der Waals surface area contributed by atoms with Gasteiger partial charge in [0, 0.05) is 60.3 Å².